The average Bonchev–Trinajstić information content (AvgIpc) is 2.46. The summed E-state index contributed by atoms with van der Waals surface area (Å²) in [5, 5.41) is 3.10. The van der Waals surface area contributed by atoms with Crippen molar-refractivity contribution in [3.05, 3.63) is 35.4 Å². The van der Waals surface area contributed by atoms with Gasteiger partial charge in [0, 0.05) is 30.6 Å². The van der Waals surface area contributed by atoms with E-state index in [2.05, 4.69) is 5.32 Å². The van der Waals surface area contributed by atoms with Gasteiger partial charge in [0.25, 0.3) is 5.91 Å². The maximum absolute atomic E-state index is 12.3. The summed E-state index contributed by atoms with van der Waals surface area (Å²) in [7, 11) is 0. The van der Waals surface area contributed by atoms with E-state index < -0.39 is 0 Å². The number of carbonyl (C=O) groups is 2. The predicted octanol–water partition coefficient (Wildman–Crippen LogP) is 2.52. The lowest BCUT2D eigenvalue weighted by molar-refractivity contribution is -0.139. The minimum Gasteiger partial charge on any atom is -0.349 e. The van der Waals surface area contributed by atoms with Gasteiger partial charge in [0.2, 0.25) is 5.91 Å². The topological polar surface area (TPSA) is 49.4 Å². The van der Waals surface area contributed by atoms with Crippen LogP contribution < -0.4 is 5.32 Å². The maximum atomic E-state index is 12.3. The zero-order valence-electron chi connectivity index (χ0n) is 13.2. The van der Waals surface area contributed by atoms with Crippen molar-refractivity contribution in [2.75, 3.05) is 13.1 Å². The summed E-state index contributed by atoms with van der Waals surface area (Å²) in [5.74, 6) is 0.598. The Morgan fingerprint density at radius 2 is 1.86 bits per heavy atom. The summed E-state index contributed by atoms with van der Waals surface area (Å²) < 4.78 is 0. The molecule has 0 spiro atoms. The Morgan fingerprint density at radius 3 is 2.45 bits per heavy atom. The van der Waals surface area contributed by atoms with Crippen molar-refractivity contribution in [3.8, 4) is 0 Å². The fourth-order valence-corrected chi connectivity index (χ4v) is 3.21. The summed E-state index contributed by atoms with van der Waals surface area (Å²) in [4.78, 5) is 26.4. The molecule has 1 aliphatic heterocycles. The monoisotopic (exact) mass is 300 g/mol. The van der Waals surface area contributed by atoms with E-state index in [1.807, 2.05) is 36.1 Å². The van der Waals surface area contributed by atoms with Gasteiger partial charge >= 0.3 is 0 Å². The fraction of sp³-hybridized carbons (Fsp3) is 0.556. The molecule has 4 heteroatoms. The minimum absolute atomic E-state index is 0.00697. The number of nitrogens with zero attached hydrogens (tertiary/aromatic N) is 1. The normalized spacial score (nSPS) is 19.6. The first-order valence-corrected chi connectivity index (χ1v) is 8.30. The van der Waals surface area contributed by atoms with E-state index in [1.54, 1.807) is 0 Å². The van der Waals surface area contributed by atoms with E-state index in [9.17, 15) is 9.59 Å². The van der Waals surface area contributed by atoms with Crippen molar-refractivity contribution in [2.45, 2.75) is 45.1 Å². The zero-order valence-corrected chi connectivity index (χ0v) is 13.2. The highest BCUT2D eigenvalue weighted by Crippen LogP contribution is 2.29. The van der Waals surface area contributed by atoms with Gasteiger partial charge < -0.3 is 10.2 Å². The Morgan fingerprint density at radius 1 is 1.14 bits per heavy atom. The molecule has 118 valence electrons. The van der Waals surface area contributed by atoms with Gasteiger partial charge in [-0.15, -0.1) is 0 Å². The van der Waals surface area contributed by atoms with Crippen LogP contribution in [0.4, 0.5) is 0 Å². The van der Waals surface area contributed by atoms with E-state index in [1.165, 1.54) is 6.42 Å². The first-order chi connectivity index (χ1) is 10.6. The summed E-state index contributed by atoms with van der Waals surface area (Å²) >= 11 is 0. The second kappa shape index (κ2) is 6.51. The van der Waals surface area contributed by atoms with Crippen LogP contribution in [0.3, 0.4) is 0 Å². The number of hydrogen-bond donors (Lipinski definition) is 1. The minimum atomic E-state index is -0.00697. The van der Waals surface area contributed by atoms with Crippen molar-refractivity contribution >= 4 is 11.8 Å². The van der Waals surface area contributed by atoms with E-state index in [4.69, 9.17) is 0 Å². The van der Waals surface area contributed by atoms with E-state index >= 15 is 0 Å². The highest BCUT2D eigenvalue weighted by atomic mass is 16.2. The number of hydrogen-bond acceptors (Lipinski definition) is 2. The van der Waals surface area contributed by atoms with Crippen molar-refractivity contribution in [1.82, 2.24) is 10.2 Å². The largest absolute Gasteiger partial charge is 0.349 e. The Bertz CT molecular complexity index is 558. The highest BCUT2D eigenvalue weighted by molar-refractivity contribution is 5.94. The lowest BCUT2D eigenvalue weighted by atomic mass is 9.84. The van der Waals surface area contributed by atoms with Gasteiger partial charge in [0.1, 0.15) is 0 Å². The maximum Gasteiger partial charge on any atom is 0.251 e. The molecule has 1 aromatic rings. The Balaban J connectivity index is 1.49. The Labute approximate surface area is 131 Å². The number of rotatable bonds is 3. The van der Waals surface area contributed by atoms with Crippen LogP contribution in [0.15, 0.2) is 24.3 Å². The molecule has 4 nitrogen and oxygen atoms in total. The summed E-state index contributed by atoms with van der Waals surface area (Å²) in [6.45, 7) is 3.53. The first-order valence-electron chi connectivity index (χ1n) is 8.30. The van der Waals surface area contributed by atoms with Crippen LogP contribution in [-0.4, -0.2) is 35.8 Å². The summed E-state index contributed by atoms with van der Waals surface area (Å²) in [5.41, 5.74) is 1.81. The van der Waals surface area contributed by atoms with Crippen molar-refractivity contribution in [1.29, 1.82) is 0 Å². The van der Waals surface area contributed by atoms with Crippen LogP contribution in [0.2, 0.25) is 0 Å². The highest BCUT2D eigenvalue weighted by Gasteiger charge is 2.31. The van der Waals surface area contributed by atoms with Gasteiger partial charge in [-0.2, -0.15) is 0 Å². The molecule has 3 rings (SSSR count). The SMILES string of the molecule is Cc1cccc(C(=O)NC2CCN(C(=O)C3CCC3)CC2)c1. The van der Waals surface area contributed by atoms with Gasteiger partial charge in [0.05, 0.1) is 0 Å². The molecule has 1 saturated heterocycles. The third kappa shape index (κ3) is 3.32. The molecule has 0 atom stereocenters. The molecule has 0 unspecified atom stereocenters. The van der Waals surface area contributed by atoms with Gasteiger partial charge in [-0.1, -0.05) is 24.1 Å². The van der Waals surface area contributed by atoms with Crippen LogP contribution >= 0.6 is 0 Å². The molecule has 1 aliphatic carbocycles. The molecule has 0 radical (unpaired) electrons. The predicted molar refractivity (Wildman–Crippen MR) is 85.6 cm³/mol. The van der Waals surface area contributed by atoms with Crippen LogP contribution in [0.1, 0.15) is 48.0 Å². The van der Waals surface area contributed by atoms with Crippen molar-refractivity contribution < 1.29 is 9.59 Å². The molecule has 1 N–H and O–H groups in total. The van der Waals surface area contributed by atoms with Crippen LogP contribution in [0.25, 0.3) is 0 Å². The van der Waals surface area contributed by atoms with E-state index in [-0.39, 0.29) is 17.9 Å². The van der Waals surface area contributed by atoms with Gasteiger partial charge in [0.15, 0.2) is 0 Å². The molecule has 2 amide bonds. The third-order valence-corrected chi connectivity index (χ3v) is 4.88. The molecule has 1 saturated carbocycles. The first kappa shape index (κ1) is 15.1. The molecule has 0 bridgehead atoms. The number of carbonyl (C=O) groups excluding carboxylic acids is 2. The molecule has 2 fully saturated rings. The molecular weight excluding hydrogens is 276 g/mol. The van der Waals surface area contributed by atoms with Gasteiger partial charge in [-0.3, -0.25) is 9.59 Å². The van der Waals surface area contributed by atoms with Crippen molar-refractivity contribution in [2.24, 2.45) is 5.92 Å². The summed E-state index contributed by atoms with van der Waals surface area (Å²) in [6, 6.07) is 7.83. The molecule has 22 heavy (non-hydrogen) atoms. The Hall–Kier alpha value is -1.84. The number of benzene rings is 1. The van der Waals surface area contributed by atoms with Crippen LogP contribution in [-0.2, 0) is 4.79 Å². The number of amides is 2. The van der Waals surface area contributed by atoms with Crippen LogP contribution in [0, 0.1) is 12.8 Å². The quantitative estimate of drug-likeness (QED) is 0.932. The number of piperidine rings is 1. The van der Waals surface area contributed by atoms with Crippen LogP contribution in [0.5, 0.6) is 0 Å². The van der Waals surface area contributed by atoms with E-state index in [0.717, 1.165) is 44.3 Å². The number of aryl methyl sites for hydroxylation is 1. The second-order valence-electron chi connectivity index (χ2n) is 6.57. The third-order valence-electron chi connectivity index (χ3n) is 4.88. The van der Waals surface area contributed by atoms with Crippen molar-refractivity contribution in [3.63, 3.8) is 0 Å². The lowest BCUT2D eigenvalue weighted by Gasteiger charge is -2.36. The second-order valence-corrected chi connectivity index (χ2v) is 6.57. The average molecular weight is 300 g/mol. The summed E-state index contributed by atoms with van der Waals surface area (Å²) in [6.07, 6.45) is 5.02. The smallest absolute Gasteiger partial charge is 0.251 e. The number of likely N-dealkylation sites (tertiary alicyclic amines) is 1. The fourth-order valence-electron chi connectivity index (χ4n) is 3.21. The standard InChI is InChI=1S/C18H24N2O2/c1-13-4-2-7-15(12-13)17(21)19-16-8-10-20(11-9-16)18(22)14-5-3-6-14/h2,4,7,12,14,16H,3,5-6,8-11H2,1H3,(H,19,21). The molecule has 1 heterocycles. The molecule has 0 aromatic heterocycles. The van der Waals surface area contributed by atoms with E-state index in [0.29, 0.717) is 11.5 Å². The van der Waals surface area contributed by atoms with Gasteiger partial charge in [-0.25, -0.2) is 0 Å². The molecular formula is C18H24N2O2. The Kier molecular flexibility index (Phi) is 4.46. The zero-order chi connectivity index (χ0) is 15.5. The van der Waals surface area contributed by atoms with Gasteiger partial charge in [-0.05, 0) is 44.7 Å². The number of nitrogens with one attached hydrogen (secondary N) is 1. The molecule has 1 aromatic carbocycles. The lowest BCUT2D eigenvalue weighted by Crippen LogP contribution is -2.48. The molecule has 2 aliphatic rings.